The Morgan fingerprint density at radius 2 is 2.00 bits per heavy atom. The molecule has 78 valence electrons. The summed E-state index contributed by atoms with van der Waals surface area (Å²) < 4.78 is 0. The minimum Gasteiger partial charge on any atom is -0.387 e. The van der Waals surface area contributed by atoms with Crippen LogP contribution in [0.2, 0.25) is 0 Å². The van der Waals surface area contributed by atoms with Gasteiger partial charge < -0.3 is 10.0 Å². The van der Waals surface area contributed by atoms with Crippen molar-refractivity contribution in [1.29, 1.82) is 0 Å². The van der Waals surface area contributed by atoms with Gasteiger partial charge in [0, 0.05) is 12.6 Å². The summed E-state index contributed by atoms with van der Waals surface area (Å²) in [6, 6.07) is 0.191. The average Bonchev–Trinajstić information content (AvgIpc) is 2.11. The van der Waals surface area contributed by atoms with Crippen molar-refractivity contribution in [2.75, 3.05) is 13.2 Å². The second-order valence-electron chi connectivity index (χ2n) is 3.55. The van der Waals surface area contributed by atoms with Gasteiger partial charge >= 0.3 is 0 Å². The molecule has 0 bridgehead atoms. The molecule has 0 radical (unpaired) electrons. The van der Waals surface area contributed by atoms with E-state index in [1.807, 2.05) is 13.8 Å². The number of aliphatic hydroxyl groups excluding tert-OH is 1. The van der Waals surface area contributed by atoms with Crippen LogP contribution in [0.5, 0.6) is 0 Å². The normalized spacial score (nSPS) is 10.5. The summed E-state index contributed by atoms with van der Waals surface area (Å²) in [4.78, 5) is 13.0. The molecule has 0 rings (SSSR count). The van der Waals surface area contributed by atoms with Gasteiger partial charge in [0.15, 0.2) is 0 Å². The standard InChI is InChI=1S/C10H21NO2/c1-4-5-6-7-11(9(2)3)10(13)8-12/h9,12H,4-8H2,1-3H3. The topological polar surface area (TPSA) is 40.5 Å². The molecule has 0 unspecified atom stereocenters. The van der Waals surface area contributed by atoms with E-state index in [4.69, 9.17) is 5.11 Å². The Labute approximate surface area is 80.7 Å². The maximum Gasteiger partial charge on any atom is 0.248 e. The smallest absolute Gasteiger partial charge is 0.248 e. The molecule has 0 aromatic rings. The van der Waals surface area contributed by atoms with Crippen LogP contribution in [0.15, 0.2) is 0 Å². The molecule has 0 aliphatic carbocycles. The zero-order valence-corrected chi connectivity index (χ0v) is 8.92. The average molecular weight is 187 g/mol. The highest BCUT2D eigenvalue weighted by molar-refractivity contribution is 5.77. The van der Waals surface area contributed by atoms with Crippen LogP contribution in [0.3, 0.4) is 0 Å². The number of hydrogen-bond acceptors (Lipinski definition) is 2. The van der Waals surface area contributed by atoms with Crippen LogP contribution in [-0.2, 0) is 4.79 Å². The van der Waals surface area contributed by atoms with Gasteiger partial charge in [-0.3, -0.25) is 4.79 Å². The van der Waals surface area contributed by atoms with E-state index in [0.29, 0.717) is 0 Å². The van der Waals surface area contributed by atoms with Crippen molar-refractivity contribution in [2.45, 2.75) is 46.1 Å². The number of carbonyl (C=O) groups excluding carboxylic acids is 1. The lowest BCUT2D eigenvalue weighted by atomic mass is 10.2. The molecule has 0 aromatic heterocycles. The van der Waals surface area contributed by atoms with Crippen molar-refractivity contribution in [3.63, 3.8) is 0 Å². The van der Waals surface area contributed by atoms with Crippen LogP contribution in [0.1, 0.15) is 40.0 Å². The summed E-state index contributed by atoms with van der Waals surface area (Å²) in [5.41, 5.74) is 0. The first-order valence-electron chi connectivity index (χ1n) is 5.03. The molecule has 0 fully saturated rings. The van der Waals surface area contributed by atoms with E-state index >= 15 is 0 Å². The predicted octanol–water partition coefficient (Wildman–Crippen LogP) is 1.41. The van der Waals surface area contributed by atoms with E-state index in [0.717, 1.165) is 25.8 Å². The lowest BCUT2D eigenvalue weighted by Gasteiger charge is -2.25. The summed E-state index contributed by atoms with van der Waals surface area (Å²) in [5.74, 6) is -0.161. The lowest BCUT2D eigenvalue weighted by molar-refractivity contribution is -0.135. The fourth-order valence-electron chi connectivity index (χ4n) is 1.29. The second-order valence-corrected chi connectivity index (χ2v) is 3.55. The number of amides is 1. The van der Waals surface area contributed by atoms with Crippen molar-refractivity contribution in [2.24, 2.45) is 0 Å². The molecule has 0 saturated heterocycles. The summed E-state index contributed by atoms with van der Waals surface area (Å²) >= 11 is 0. The highest BCUT2D eigenvalue weighted by Gasteiger charge is 2.14. The van der Waals surface area contributed by atoms with Crippen molar-refractivity contribution in [3.8, 4) is 0 Å². The maximum atomic E-state index is 11.2. The minimum absolute atomic E-state index is 0.161. The van der Waals surface area contributed by atoms with E-state index in [2.05, 4.69) is 6.92 Å². The van der Waals surface area contributed by atoms with Gasteiger partial charge in [-0.05, 0) is 20.3 Å². The molecule has 0 aliphatic heterocycles. The molecule has 3 nitrogen and oxygen atoms in total. The van der Waals surface area contributed by atoms with Crippen molar-refractivity contribution in [3.05, 3.63) is 0 Å². The number of aliphatic hydroxyl groups is 1. The minimum atomic E-state index is -0.371. The van der Waals surface area contributed by atoms with Crippen molar-refractivity contribution >= 4 is 5.91 Å². The van der Waals surface area contributed by atoms with E-state index in [1.165, 1.54) is 0 Å². The number of hydrogen-bond donors (Lipinski definition) is 1. The highest BCUT2D eigenvalue weighted by Crippen LogP contribution is 2.03. The van der Waals surface area contributed by atoms with E-state index < -0.39 is 0 Å². The third-order valence-electron chi connectivity index (χ3n) is 2.08. The van der Waals surface area contributed by atoms with Gasteiger partial charge in [-0.25, -0.2) is 0 Å². The van der Waals surface area contributed by atoms with Crippen LogP contribution in [0.25, 0.3) is 0 Å². The molecule has 1 amide bonds. The molecule has 3 heteroatoms. The lowest BCUT2D eigenvalue weighted by Crippen LogP contribution is -2.39. The summed E-state index contributed by atoms with van der Waals surface area (Å²) in [6.45, 7) is 6.47. The van der Waals surface area contributed by atoms with Crippen molar-refractivity contribution < 1.29 is 9.90 Å². The second kappa shape index (κ2) is 6.89. The quantitative estimate of drug-likeness (QED) is 0.639. The van der Waals surface area contributed by atoms with E-state index in [9.17, 15) is 4.79 Å². The molecule has 0 aliphatic rings. The molecule has 1 N–H and O–H groups in total. The first kappa shape index (κ1) is 12.4. The van der Waals surface area contributed by atoms with E-state index in [1.54, 1.807) is 4.90 Å². The third-order valence-corrected chi connectivity index (χ3v) is 2.08. The summed E-state index contributed by atoms with van der Waals surface area (Å²) in [5, 5.41) is 8.72. The van der Waals surface area contributed by atoms with Crippen LogP contribution in [0, 0.1) is 0 Å². The Morgan fingerprint density at radius 1 is 1.38 bits per heavy atom. The fraction of sp³-hybridized carbons (Fsp3) is 0.900. The molecule has 0 saturated carbocycles. The monoisotopic (exact) mass is 187 g/mol. The molecule has 0 spiro atoms. The zero-order chi connectivity index (χ0) is 10.3. The molecular formula is C10H21NO2. The SMILES string of the molecule is CCCCCN(C(=O)CO)C(C)C. The van der Waals surface area contributed by atoms with Crippen molar-refractivity contribution in [1.82, 2.24) is 4.90 Å². The number of rotatable bonds is 6. The number of nitrogens with zero attached hydrogens (tertiary/aromatic N) is 1. The zero-order valence-electron chi connectivity index (χ0n) is 8.92. The number of unbranched alkanes of at least 4 members (excludes halogenated alkanes) is 2. The van der Waals surface area contributed by atoms with Gasteiger partial charge in [0.2, 0.25) is 5.91 Å². The highest BCUT2D eigenvalue weighted by atomic mass is 16.3. The molecule has 0 aromatic carbocycles. The maximum absolute atomic E-state index is 11.2. The first-order chi connectivity index (χ1) is 6.13. The fourth-order valence-corrected chi connectivity index (χ4v) is 1.29. The van der Waals surface area contributed by atoms with E-state index in [-0.39, 0.29) is 18.6 Å². The van der Waals surface area contributed by atoms with Crippen LogP contribution in [-0.4, -0.2) is 35.1 Å². The molecule has 13 heavy (non-hydrogen) atoms. The van der Waals surface area contributed by atoms with Crippen LogP contribution in [0.4, 0.5) is 0 Å². The number of carbonyl (C=O) groups is 1. The Balaban J connectivity index is 3.88. The third kappa shape index (κ3) is 4.88. The van der Waals surface area contributed by atoms with Gasteiger partial charge in [0.05, 0.1) is 0 Å². The predicted molar refractivity (Wildman–Crippen MR) is 53.5 cm³/mol. The van der Waals surface area contributed by atoms with Gasteiger partial charge in [-0.2, -0.15) is 0 Å². The van der Waals surface area contributed by atoms with Gasteiger partial charge in [0.1, 0.15) is 6.61 Å². The Hall–Kier alpha value is -0.570. The van der Waals surface area contributed by atoms with Gasteiger partial charge in [-0.1, -0.05) is 19.8 Å². The molecule has 0 heterocycles. The van der Waals surface area contributed by atoms with Crippen LogP contribution < -0.4 is 0 Å². The van der Waals surface area contributed by atoms with Gasteiger partial charge in [0.25, 0.3) is 0 Å². The van der Waals surface area contributed by atoms with Gasteiger partial charge in [-0.15, -0.1) is 0 Å². The first-order valence-corrected chi connectivity index (χ1v) is 5.03. The van der Waals surface area contributed by atoms with Crippen LogP contribution >= 0.6 is 0 Å². The Bertz CT molecular complexity index is 146. The molecule has 0 atom stereocenters. The molecular weight excluding hydrogens is 166 g/mol. The Morgan fingerprint density at radius 3 is 2.38 bits per heavy atom. The summed E-state index contributed by atoms with van der Waals surface area (Å²) in [7, 11) is 0. The Kier molecular flexibility index (Phi) is 6.59. The largest absolute Gasteiger partial charge is 0.387 e. The summed E-state index contributed by atoms with van der Waals surface area (Å²) in [6.07, 6.45) is 3.32.